The van der Waals surface area contributed by atoms with Gasteiger partial charge in [0.25, 0.3) is 5.91 Å². The fourth-order valence-corrected chi connectivity index (χ4v) is 3.69. The van der Waals surface area contributed by atoms with Crippen molar-refractivity contribution in [1.29, 1.82) is 0 Å². The number of hydrogen-bond acceptors (Lipinski definition) is 5. The van der Waals surface area contributed by atoms with Gasteiger partial charge in [-0.1, -0.05) is 23.2 Å². The molecule has 0 spiro atoms. The van der Waals surface area contributed by atoms with Gasteiger partial charge in [0.2, 0.25) is 0 Å². The Labute approximate surface area is 160 Å². The van der Waals surface area contributed by atoms with Crippen LogP contribution in [0.2, 0.25) is 10.0 Å². The van der Waals surface area contributed by atoms with Gasteiger partial charge in [-0.2, -0.15) is 0 Å². The third-order valence-corrected chi connectivity index (χ3v) is 5.17. The molecule has 1 saturated heterocycles. The number of ether oxygens (including phenoxy) is 1. The van der Waals surface area contributed by atoms with Crippen LogP contribution < -0.4 is 0 Å². The zero-order chi connectivity index (χ0) is 18.8. The number of aliphatic hydroxyl groups excluding tert-OH is 1. The number of ketones is 2. The standard InChI is InChI=1S/C18H17Cl2NO5/c19-11-5-4-10(17(24)15-12(22)2-1-3-13(15)23)16(20)14(11)18(25)21-6-8-26-9-7-21/h4-5,24H,1-3,6-9H2. The molecule has 0 aromatic heterocycles. The number of hydrogen-bond donors (Lipinski definition) is 1. The molecule has 1 aromatic carbocycles. The second kappa shape index (κ2) is 7.78. The molecule has 0 unspecified atom stereocenters. The maximum Gasteiger partial charge on any atom is 0.257 e. The molecule has 1 saturated carbocycles. The predicted molar refractivity (Wildman–Crippen MR) is 96.6 cm³/mol. The second-order valence-electron chi connectivity index (χ2n) is 6.11. The Hall–Kier alpha value is -1.89. The summed E-state index contributed by atoms with van der Waals surface area (Å²) >= 11 is 12.5. The van der Waals surface area contributed by atoms with Crippen LogP contribution >= 0.6 is 23.2 Å². The minimum absolute atomic E-state index is 0.0376. The maximum atomic E-state index is 12.8. The van der Waals surface area contributed by atoms with Crippen molar-refractivity contribution in [2.45, 2.75) is 19.3 Å². The Morgan fingerprint density at radius 3 is 2.31 bits per heavy atom. The lowest BCUT2D eigenvalue weighted by Gasteiger charge is -2.27. The number of benzene rings is 1. The molecule has 2 fully saturated rings. The minimum Gasteiger partial charge on any atom is -0.506 e. The molecule has 6 nitrogen and oxygen atoms in total. The van der Waals surface area contributed by atoms with Gasteiger partial charge in [0.05, 0.1) is 28.8 Å². The molecule has 1 heterocycles. The predicted octanol–water partition coefficient (Wildman–Crippen LogP) is 3.06. The van der Waals surface area contributed by atoms with Crippen molar-refractivity contribution >= 4 is 46.4 Å². The first-order chi connectivity index (χ1) is 12.4. The summed E-state index contributed by atoms with van der Waals surface area (Å²) in [5, 5.41) is 10.6. The monoisotopic (exact) mass is 397 g/mol. The molecule has 0 atom stereocenters. The maximum absolute atomic E-state index is 12.8. The van der Waals surface area contributed by atoms with E-state index in [4.69, 9.17) is 27.9 Å². The fraction of sp³-hybridized carbons (Fsp3) is 0.389. The average Bonchev–Trinajstić information content (AvgIpc) is 2.62. The van der Waals surface area contributed by atoms with E-state index in [0.29, 0.717) is 32.7 Å². The van der Waals surface area contributed by atoms with Crippen molar-refractivity contribution in [1.82, 2.24) is 4.90 Å². The van der Waals surface area contributed by atoms with Crippen molar-refractivity contribution in [3.63, 3.8) is 0 Å². The fourth-order valence-electron chi connectivity index (χ4n) is 3.07. The number of aliphatic hydroxyl groups is 1. The normalized spacial score (nSPS) is 18.2. The summed E-state index contributed by atoms with van der Waals surface area (Å²) in [5.74, 6) is -1.74. The Morgan fingerprint density at radius 2 is 1.69 bits per heavy atom. The molecule has 0 bridgehead atoms. The van der Waals surface area contributed by atoms with Crippen LogP contribution in [0.5, 0.6) is 0 Å². The first-order valence-corrected chi connectivity index (χ1v) is 9.02. The number of carbonyl (C=O) groups is 3. The lowest BCUT2D eigenvalue weighted by molar-refractivity contribution is -0.123. The number of amides is 1. The van der Waals surface area contributed by atoms with Crippen molar-refractivity contribution in [2.75, 3.05) is 26.3 Å². The molecule has 8 heteroatoms. The molecular formula is C18H17Cl2NO5. The van der Waals surface area contributed by atoms with Crippen molar-refractivity contribution in [3.8, 4) is 0 Å². The highest BCUT2D eigenvalue weighted by atomic mass is 35.5. The van der Waals surface area contributed by atoms with E-state index in [0.717, 1.165) is 0 Å². The lowest BCUT2D eigenvalue weighted by Crippen LogP contribution is -2.41. The lowest BCUT2D eigenvalue weighted by atomic mass is 9.89. The van der Waals surface area contributed by atoms with Gasteiger partial charge >= 0.3 is 0 Å². The largest absolute Gasteiger partial charge is 0.506 e. The summed E-state index contributed by atoms with van der Waals surface area (Å²) in [7, 11) is 0. The van der Waals surface area contributed by atoms with Gasteiger partial charge in [0.1, 0.15) is 11.3 Å². The van der Waals surface area contributed by atoms with E-state index < -0.39 is 17.3 Å². The molecule has 1 aromatic rings. The van der Waals surface area contributed by atoms with E-state index in [1.165, 1.54) is 12.1 Å². The van der Waals surface area contributed by atoms with E-state index in [-0.39, 0.29) is 45.5 Å². The topological polar surface area (TPSA) is 83.9 Å². The molecule has 3 rings (SSSR count). The Bertz CT molecular complexity index is 794. The first-order valence-electron chi connectivity index (χ1n) is 8.27. The highest BCUT2D eigenvalue weighted by Gasteiger charge is 2.30. The Balaban J connectivity index is 2.06. The molecule has 1 aliphatic carbocycles. The number of Topliss-reactive ketones (excluding diaryl/α,β-unsaturated/α-hetero) is 2. The molecule has 26 heavy (non-hydrogen) atoms. The second-order valence-corrected chi connectivity index (χ2v) is 6.90. The Kier molecular flexibility index (Phi) is 5.65. The molecule has 0 radical (unpaired) electrons. The third kappa shape index (κ3) is 3.49. The summed E-state index contributed by atoms with van der Waals surface area (Å²) in [6.07, 6.45) is 0.843. The molecule has 2 aliphatic rings. The summed E-state index contributed by atoms with van der Waals surface area (Å²) in [6, 6.07) is 2.82. The van der Waals surface area contributed by atoms with Gasteiger partial charge in [-0.3, -0.25) is 14.4 Å². The van der Waals surface area contributed by atoms with Gasteiger partial charge in [-0.15, -0.1) is 0 Å². The van der Waals surface area contributed by atoms with Crippen molar-refractivity contribution in [2.24, 2.45) is 0 Å². The molecular weight excluding hydrogens is 381 g/mol. The number of morpholine rings is 1. The van der Waals surface area contributed by atoms with E-state index in [1.54, 1.807) is 4.90 Å². The number of nitrogens with zero attached hydrogens (tertiary/aromatic N) is 1. The minimum atomic E-state index is -0.502. The highest BCUT2D eigenvalue weighted by molar-refractivity contribution is 6.41. The van der Waals surface area contributed by atoms with E-state index >= 15 is 0 Å². The van der Waals surface area contributed by atoms with E-state index in [1.807, 2.05) is 0 Å². The van der Waals surface area contributed by atoms with Gasteiger partial charge in [0.15, 0.2) is 11.6 Å². The average molecular weight is 398 g/mol. The zero-order valence-corrected chi connectivity index (χ0v) is 15.4. The third-order valence-electron chi connectivity index (χ3n) is 4.46. The number of carbonyl (C=O) groups excluding carboxylic acids is 3. The van der Waals surface area contributed by atoms with Gasteiger partial charge in [-0.25, -0.2) is 0 Å². The quantitative estimate of drug-likeness (QED) is 0.470. The summed E-state index contributed by atoms with van der Waals surface area (Å²) in [6.45, 7) is 1.64. The van der Waals surface area contributed by atoms with Crippen LogP contribution in [-0.4, -0.2) is 53.8 Å². The summed E-state index contributed by atoms with van der Waals surface area (Å²) < 4.78 is 5.23. The van der Waals surface area contributed by atoms with Crippen molar-refractivity contribution in [3.05, 3.63) is 38.9 Å². The van der Waals surface area contributed by atoms with Gasteiger partial charge < -0.3 is 14.7 Å². The van der Waals surface area contributed by atoms with Crippen LogP contribution in [0.25, 0.3) is 5.76 Å². The van der Waals surface area contributed by atoms with E-state index in [9.17, 15) is 19.5 Å². The summed E-state index contributed by atoms with van der Waals surface area (Å²) in [5.41, 5.74) is -0.174. The SMILES string of the molecule is O=C1CCCC(=O)C1=C(O)c1ccc(Cl)c(C(=O)N2CCOCC2)c1Cl. The van der Waals surface area contributed by atoms with Crippen LogP contribution in [0.15, 0.2) is 17.7 Å². The number of allylic oxidation sites excluding steroid dienone is 1. The van der Waals surface area contributed by atoms with Crippen LogP contribution in [0.3, 0.4) is 0 Å². The molecule has 1 N–H and O–H groups in total. The molecule has 1 aliphatic heterocycles. The number of rotatable bonds is 2. The Morgan fingerprint density at radius 1 is 1.08 bits per heavy atom. The van der Waals surface area contributed by atoms with Crippen molar-refractivity contribution < 1.29 is 24.2 Å². The van der Waals surface area contributed by atoms with Gasteiger partial charge in [-0.05, 0) is 18.6 Å². The van der Waals surface area contributed by atoms with Crippen LogP contribution in [0, 0.1) is 0 Å². The van der Waals surface area contributed by atoms with Gasteiger partial charge in [0, 0.05) is 31.5 Å². The smallest absolute Gasteiger partial charge is 0.257 e. The van der Waals surface area contributed by atoms with Crippen LogP contribution in [0.4, 0.5) is 0 Å². The van der Waals surface area contributed by atoms with Crippen LogP contribution in [0.1, 0.15) is 35.2 Å². The zero-order valence-electron chi connectivity index (χ0n) is 13.9. The number of halogens is 2. The highest BCUT2D eigenvalue weighted by Crippen LogP contribution is 2.35. The molecule has 138 valence electrons. The first kappa shape index (κ1) is 18.9. The van der Waals surface area contributed by atoms with E-state index in [2.05, 4.69) is 0 Å². The van der Waals surface area contributed by atoms with Crippen LogP contribution in [-0.2, 0) is 14.3 Å². The molecule has 1 amide bonds. The summed E-state index contributed by atoms with van der Waals surface area (Å²) in [4.78, 5) is 38.5.